The Hall–Kier alpha value is -3.17. The van der Waals surface area contributed by atoms with Crippen molar-refractivity contribution in [2.75, 3.05) is 23.9 Å². The zero-order chi connectivity index (χ0) is 18.2. The standard InChI is InChI=1S/C20H19N5S/c1-25(13-5-12-21)18-10-8-16(9-11-18)14-22-24-20-23-19(15-26-20)17-6-3-2-4-7-17/h2-4,6-11,14-15H,5,13H2,1H3,(H,23,24)/b22-14-. The number of hydrogen-bond donors (Lipinski definition) is 1. The van der Waals surface area contributed by atoms with E-state index >= 15 is 0 Å². The van der Waals surface area contributed by atoms with Crippen molar-refractivity contribution in [3.63, 3.8) is 0 Å². The van der Waals surface area contributed by atoms with Crippen LogP contribution in [0.4, 0.5) is 10.8 Å². The van der Waals surface area contributed by atoms with Gasteiger partial charge in [-0.15, -0.1) is 11.3 Å². The highest BCUT2D eigenvalue weighted by Crippen LogP contribution is 2.24. The van der Waals surface area contributed by atoms with Crippen LogP contribution in [0.5, 0.6) is 0 Å². The summed E-state index contributed by atoms with van der Waals surface area (Å²) in [6.45, 7) is 0.722. The monoisotopic (exact) mass is 361 g/mol. The van der Waals surface area contributed by atoms with Gasteiger partial charge < -0.3 is 4.90 Å². The second-order valence-corrected chi connectivity index (χ2v) is 6.55. The molecule has 5 nitrogen and oxygen atoms in total. The molecule has 0 aliphatic rings. The lowest BCUT2D eigenvalue weighted by Crippen LogP contribution is -2.17. The highest BCUT2D eigenvalue weighted by molar-refractivity contribution is 7.14. The van der Waals surface area contributed by atoms with E-state index < -0.39 is 0 Å². The minimum Gasteiger partial charge on any atom is -0.374 e. The molecule has 6 heteroatoms. The summed E-state index contributed by atoms with van der Waals surface area (Å²) in [5.74, 6) is 0. The normalized spacial score (nSPS) is 10.6. The SMILES string of the molecule is CN(CCC#N)c1ccc(/C=N\Nc2nc(-c3ccccc3)cs2)cc1. The highest BCUT2D eigenvalue weighted by Gasteiger charge is 2.03. The molecular weight excluding hydrogens is 342 g/mol. The molecule has 0 saturated carbocycles. The second-order valence-electron chi connectivity index (χ2n) is 5.70. The molecule has 1 heterocycles. The van der Waals surface area contributed by atoms with Gasteiger partial charge >= 0.3 is 0 Å². The topological polar surface area (TPSA) is 64.3 Å². The maximum atomic E-state index is 8.66. The number of nitriles is 1. The molecule has 1 N–H and O–H groups in total. The Labute approximate surface area is 157 Å². The van der Waals surface area contributed by atoms with Crippen LogP contribution in [0.15, 0.2) is 65.1 Å². The molecule has 3 aromatic rings. The van der Waals surface area contributed by atoms with Crippen LogP contribution < -0.4 is 10.3 Å². The summed E-state index contributed by atoms with van der Waals surface area (Å²) in [5, 5.41) is 15.7. The molecule has 0 saturated heterocycles. The quantitative estimate of drug-likeness (QED) is 0.493. The van der Waals surface area contributed by atoms with Gasteiger partial charge in [-0.25, -0.2) is 4.98 Å². The summed E-state index contributed by atoms with van der Waals surface area (Å²) < 4.78 is 0. The molecule has 0 radical (unpaired) electrons. The predicted molar refractivity (Wildman–Crippen MR) is 109 cm³/mol. The van der Waals surface area contributed by atoms with Crippen molar-refractivity contribution in [1.82, 2.24) is 4.98 Å². The number of anilines is 2. The van der Waals surface area contributed by atoms with Gasteiger partial charge in [0.2, 0.25) is 5.13 Å². The summed E-state index contributed by atoms with van der Waals surface area (Å²) in [5.41, 5.74) is 7.09. The smallest absolute Gasteiger partial charge is 0.203 e. The van der Waals surface area contributed by atoms with Gasteiger partial charge in [-0.1, -0.05) is 42.5 Å². The molecular formula is C20H19N5S. The number of hydrazone groups is 1. The predicted octanol–water partition coefficient (Wildman–Crippen LogP) is 4.61. The Morgan fingerprint density at radius 1 is 1.19 bits per heavy atom. The summed E-state index contributed by atoms with van der Waals surface area (Å²) in [7, 11) is 1.98. The summed E-state index contributed by atoms with van der Waals surface area (Å²) in [6.07, 6.45) is 2.28. The molecule has 0 atom stereocenters. The average molecular weight is 361 g/mol. The number of nitrogens with one attached hydrogen (secondary N) is 1. The van der Waals surface area contributed by atoms with Gasteiger partial charge in [0, 0.05) is 30.2 Å². The van der Waals surface area contributed by atoms with Gasteiger partial charge in [-0.05, 0) is 17.7 Å². The van der Waals surface area contributed by atoms with Crippen LogP contribution in [-0.2, 0) is 0 Å². The van der Waals surface area contributed by atoms with Crippen LogP contribution >= 0.6 is 11.3 Å². The van der Waals surface area contributed by atoms with Crippen molar-refractivity contribution in [1.29, 1.82) is 5.26 Å². The van der Waals surface area contributed by atoms with E-state index in [1.807, 2.05) is 67.0 Å². The third-order valence-corrected chi connectivity index (χ3v) is 4.59. The minimum absolute atomic E-state index is 0.516. The third-order valence-electron chi connectivity index (χ3n) is 3.84. The summed E-state index contributed by atoms with van der Waals surface area (Å²) in [6, 6.07) is 20.3. The number of aromatic nitrogens is 1. The van der Waals surface area contributed by atoms with Crippen LogP contribution in [0.25, 0.3) is 11.3 Å². The fourth-order valence-corrected chi connectivity index (χ4v) is 3.06. The lowest BCUT2D eigenvalue weighted by Gasteiger charge is -2.17. The largest absolute Gasteiger partial charge is 0.374 e. The number of hydrogen-bond acceptors (Lipinski definition) is 6. The van der Waals surface area contributed by atoms with Crippen LogP contribution in [0, 0.1) is 11.3 Å². The van der Waals surface area contributed by atoms with Crippen LogP contribution in [0.2, 0.25) is 0 Å². The fraction of sp³-hybridized carbons (Fsp3) is 0.150. The van der Waals surface area contributed by atoms with E-state index in [0.29, 0.717) is 6.42 Å². The van der Waals surface area contributed by atoms with Crippen LogP contribution in [-0.4, -0.2) is 24.8 Å². The molecule has 3 rings (SSSR count). The molecule has 0 aliphatic heterocycles. The molecule has 0 aliphatic carbocycles. The van der Waals surface area contributed by atoms with Gasteiger partial charge in [-0.2, -0.15) is 10.4 Å². The van der Waals surface area contributed by atoms with Gasteiger partial charge in [0.1, 0.15) is 0 Å². The Morgan fingerprint density at radius 3 is 2.69 bits per heavy atom. The number of thiazole rings is 1. The van der Waals surface area contributed by atoms with E-state index in [4.69, 9.17) is 5.26 Å². The first-order chi connectivity index (χ1) is 12.8. The molecule has 0 unspecified atom stereocenters. The van der Waals surface area contributed by atoms with E-state index in [9.17, 15) is 0 Å². The highest BCUT2D eigenvalue weighted by atomic mass is 32.1. The van der Waals surface area contributed by atoms with E-state index in [1.165, 1.54) is 11.3 Å². The van der Waals surface area contributed by atoms with E-state index in [2.05, 4.69) is 26.5 Å². The molecule has 0 bridgehead atoms. The molecule has 26 heavy (non-hydrogen) atoms. The van der Waals surface area contributed by atoms with Crippen molar-refractivity contribution >= 4 is 28.4 Å². The van der Waals surface area contributed by atoms with Crippen LogP contribution in [0.1, 0.15) is 12.0 Å². The van der Waals surface area contributed by atoms with E-state index in [-0.39, 0.29) is 0 Å². The van der Waals surface area contributed by atoms with Crippen molar-refractivity contribution < 1.29 is 0 Å². The number of benzene rings is 2. The van der Waals surface area contributed by atoms with Gasteiger partial charge in [0.15, 0.2) is 0 Å². The molecule has 0 amide bonds. The summed E-state index contributed by atoms with van der Waals surface area (Å²) >= 11 is 1.52. The zero-order valence-corrected chi connectivity index (χ0v) is 15.3. The Kier molecular flexibility index (Phi) is 5.96. The fourth-order valence-electron chi connectivity index (χ4n) is 2.39. The molecule has 130 valence electrons. The Morgan fingerprint density at radius 2 is 1.96 bits per heavy atom. The number of nitrogens with zero attached hydrogens (tertiary/aromatic N) is 4. The Balaban J connectivity index is 1.57. The number of rotatable bonds is 7. The van der Waals surface area contributed by atoms with Crippen molar-refractivity contribution in [2.24, 2.45) is 5.10 Å². The molecule has 2 aromatic carbocycles. The maximum absolute atomic E-state index is 8.66. The van der Waals surface area contributed by atoms with Gasteiger partial charge in [0.25, 0.3) is 0 Å². The first-order valence-corrected chi connectivity index (χ1v) is 9.12. The van der Waals surface area contributed by atoms with Gasteiger partial charge in [0.05, 0.1) is 24.4 Å². The second kappa shape index (κ2) is 8.79. The Bertz CT molecular complexity index is 894. The molecule has 0 spiro atoms. The third kappa shape index (κ3) is 4.68. The lowest BCUT2D eigenvalue weighted by atomic mass is 10.2. The summed E-state index contributed by atoms with van der Waals surface area (Å²) in [4.78, 5) is 6.60. The van der Waals surface area contributed by atoms with Crippen molar-refractivity contribution in [3.8, 4) is 17.3 Å². The van der Waals surface area contributed by atoms with Crippen molar-refractivity contribution in [3.05, 3.63) is 65.5 Å². The molecule has 1 aromatic heterocycles. The maximum Gasteiger partial charge on any atom is 0.203 e. The lowest BCUT2D eigenvalue weighted by molar-refractivity contribution is 0.905. The first-order valence-electron chi connectivity index (χ1n) is 8.24. The first kappa shape index (κ1) is 17.6. The minimum atomic E-state index is 0.516. The van der Waals surface area contributed by atoms with Gasteiger partial charge in [-0.3, -0.25) is 5.43 Å². The average Bonchev–Trinajstić information content (AvgIpc) is 3.16. The van der Waals surface area contributed by atoms with Crippen molar-refractivity contribution in [2.45, 2.75) is 6.42 Å². The van der Waals surface area contributed by atoms with E-state index in [0.717, 1.165) is 34.2 Å². The zero-order valence-electron chi connectivity index (χ0n) is 14.5. The van der Waals surface area contributed by atoms with Crippen LogP contribution in [0.3, 0.4) is 0 Å². The van der Waals surface area contributed by atoms with E-state index in [1.54, 1.807) is 6.21 Å². The molecule has 0 fully saturated rings.